The molecule has 0 saturated carbocycles. The fraction of sp³-hybridized carbons (Fsp3) is 0.259. The summed E-state index contributed by atoms with van der Waals surface area (Å²) >= 11 is 6.19. The standard InChI is InChI=1S/C27H28ClFN2O2/c1-3-30-27(33)25(16-20-8-5-4-6-9-20)31(18-21-14-12-19(2)13-15-21)26(32)17-22-23(28)10-7-11-24(22)29/h4-15,25H,3,16-18H2,1-2H3,(H,30,33)/t25-/m1/s1. The summed E-state index contributed by atoms with van der Waals surface area (Å²) in [6.07, 6.45) is 0.108. The van der Waals surface area contributed by atoms with Crippen molar-refractivity contribution in [2.24, 2.45) is 0 Å². The maximum absolute atomic E-state index is 14.4. The largest absolute Gasteiger partial charge is 0.355 e. The van der Waals surface area contributed by atoms with Crippen LogP contribution in [0.15, 0.2) is 72.8 Å². The minimum atomic E-state index is -0.758. The zero-order valence-corrected chi connectivity index (χ0v) is 19.6. The van der Waals surface area contributed by atoms with E-state index in [0.717, 1.165) is 16.7 Å². The van der Waals surface area contributed by atoms with Gasteiger partial charge in [0.2, 0.25) is 11.8 Å². The van der Waals surface area contributed by atoms with Gasteiger partial charge in [-0.3, -0.25) is 9.59 Å². The minimum Gasteiger partial charge on any atom is -0.355 e. The van der Waals surface area contributed by atoms with Gasteiger partial charge in [0.25, 0.3) is 0 Å². The normalized spacial score (nSPS) is 11.6. The lowest BCUT2D eigenvalue weighted by Crippen LogP contribution is -2.51. The fourth-order valence-corrected chi connectivity index (χ4v) is 3.92. The van der Waals surface area contributed by atoms with Crippen molar-refractivity contribution in [3.63, 3.8) is 0 Å². The van der Waals surface area contributed by atoms with Gasteiger partial charge >= 0.3 is 0 Å². The maximum atomic E-state index is 14.4. The Hall–Kier alpha value is -3.18. The average Bonchev–Trinajstić information content (AvgIpc) is 2.80. The van der Waals surface area contributed by atoms with Gasteiger partial charge in [0.15, 0.2) is 0 Å². The SMILES string of the molecule is CCNC(=O)[C@@H](Cc1ccccc1)N(Cc1ccc(C)cc1)C(=O)Cc1c(F)cccc1Cl. The molecule has 1 atom stereocenters. The van der Waals surface area contributed by atoms with E-state index >= 15 is 0 Å². The molecule has 0 aliphatic rings. The molecule has 6 heteroatoms. The molecular weight excluding hydrogens is 439 g/mol. The van der Waals surface area contributed by atoms with Crippen molar-refractivity contribution >= 4 is 23.4 Å². The van der Waals surface area contributed by atoms with Crippen LogP contribution in [0.5, 0.6) is 0 Å². The summed E-state index contributed by atoms with van der Waals surface area (Å²) in [7, 11) is 0. The fourth-order valence-electron chi connectivity index (χ4n) is 3.69. The van der Waals surface area contributed by atoms with Crippen molar-refractivity contribution in [1.82, 2.24) is 10.2 Å². The van der Waals surface area contributed by atoms with Gasteiger partial charge in [-0.25, -0.2) is 4.39 Å². The van der Waals surface area contributed by atoms with Crippen molar-refractivity contribution in [3.8, 4) is 0 Å². The van der Waals surface area contributed by atoms with Gasteiger partial charge in [-0.1, -0.05) is 77.8 Å². The van der Waals surface area contributed by atoms with Gasteiger partial charge in [-0.15, -0.1) is 0 Å². The molecule has 0 heterocycles. The Morgan fingerprint density at radius 1 is 0.970 bits per heavy atom. The van der Waals surface area contributed by atoms with Crippen LogP contribution in [0, 0.1) is 12.7 Å². The van der Waals surface area contributed by atoms with Gasteiger partial charge in [-0.2, -0.15) is 0 Å². The molecule has 0 aliphatic heterocycles. The van der Waals surface area contributed by atoms with E-state index in [1.807, 2.05) is 68.4 Å². The minimum absolute atomic E-state index is 0.132. The molecule has 0 unspecified atom stereocenters. The van der Waals surface area contributed by atoms with Gasteiger partial charge in [0.05, 0.1) is 6.42 Å². The van der Waals surface area contributed by atoms with Crippen LogP contribution >= 0.6 is 11.6 Å². The molecule has 0 spiro atoms. The number of aryl methyl sites for hydroxylation is 1. The summed E-state index contributed by atoms with van der Waals surface area (Å²) in [5.41, 5.74) is 3.04. The van der Waals surface area contributed by atoms with Crippen LogP contribution in [0.3, 0.4) is 0 Å². The molecule has 0 saturated heterocycles. The van der Waals surface area contributed by atoms with E-state index in [4.69, 9.17) is 11.6 Å². The number of hydrogen-bond donors (Lipinski definition) is 1. The first-order chi connectivity index (χ1) is 15.9. The average molecular weight is 467 g/mol. The topological polar surface area (TPSA) is 49.4 Å². The predicted molar refractivity (Wildman–Crippen MR) is 129 cm³/mol. The van der Waals surface area contributed by atoms with Crippen LogP contribution in [-0.4, -0.2) is 29.3 Å². The number of nitrogens with one attached hydrogen (secondary N) is 1. The third-order valence-electron chi connectivity index (χ3n) is 5.49. The van der Waals surface area contributed by atoms with Crippen LogP contribution in [0.1, 0.15) is 29.2 Å². The zero-order valence-electron chi connectivity index (χ0n) is 18.9. The Morgan fingerprint density at radius 2 is 1.67 bits per heavy atom. The van der Waals surface area contributed by atoms with E-state index in [0.29, 0.717) is 13.0 Å². The number of likely N-dealkylation sites (N-methyl/N-ethyl adjacent to an activating group) is 1. The number of benzene rings is 3. The van der Waals surface area contributed by atoms with Crippen molar-refractivity contribution in [2.75, 3.05) is 6.54 Å². The zero-order chi connectivity index (χ0) is 23.8. The summed E-state index contributed by atoms with van der Waals surface area (Å²) in [6.45, 7) is 4.48. The molecule has 0 radical (unpaired) electrons. The summed E-state index contributed by atoms with van der Waals surface area (Å²) in [6, 6.07) is 20.9. The van der Waals surface area contributed by atoms with E-state index in [2.05, 4.69) is 5.32 Å². The van der Waals surface area contributed by atoms with Crippen LogP contribution in [0.4, 0.5) is 4.39 Å². The molecule has 3 rings (SSSR count). The lowest BCUT2D eigenvalue weighted by Gasteiger charge is -2.31. The van der Waals surface area contributed by atoms with Crippen LogP contribution in [-0.2, 0) is 29.0 Å². The smallest absolute Gasteiger partial charge is 0.243 e. The van der Waals surface area contributed by atoms with Crippen molar-refractivity contribution in [1.29, 1.82) is 0 Å². The number of nitrogens with zero attached hydrogens (tertiary/aromatic N) is 1. The quantitative estimate of drug-likeness (QED) is 0.476. The molecule has 4 nitrogen and oxygen atoms in total. The van der Waals surface area contributed by atoms with Gasteiger partial charge in [-0.05, 0) is 37.1 Å². The lowest BCUT2D eigenvalue weighted by atomic mass is 10.0. The van der Waals surface area contributed by atoms with Crippen LogP contribution in [0.2, 0.25) is 5.02 Å². The number of carbonyl (C=O) groups excluding carboxylic acids is 2. The highest BCUT2D eigenvalue weighted by Gasteiger charge is 2.31. The van der Waals surface area contributed by atoms with Crippen molar-refractivity contribution in [2.45, 2.75) is 39.3 Å². The van der Waals surface area contributed by atoms with Gasteiger partial charge < -0.3 is 10.2 Å². The van der Waals surface area contributed by atoms with Gasteiger partial charge in [0.1, 0.15) is 11.9 Å². The first kappa shape index (κ1) is 24.5. The third kappa shape index (κ3) is 6.65. The second-order valence-corrected chi connectivity index (χ2v) is 8.39. The second kappa shape index (κ2) is 11.6. The third-order valence-corrected chi connectivity index (χ3v) is 5.84. The summed E-state index contributed by atoms with van der Waals surface area (Å²) in [4.78, 5) is 28.2. The van der Waals surface area contributed by atoms with E-state index < -0.39 is 11.9 Å². The van der Waals surface area contributed by atoms with E-state index in [-0.39, 0.29) is 35.4 Å². The number of amides is 2. The molecule has 0 fully saturated rings. The molecule has 3 aromatic carbocycles. The molecular formula is C27H28ClFN2O2. The Bertz CT molecular complexity index is 1070. The van der Waals surface area contributed by atoms with E-state index in [1.165, 1.54) is 17.0 Å². The summed E-state index contributed by atoms with van der Waals surface area (Å²) in [5, 5.41) is 3.04. The van der Waals surface area contributed by atoms with Gasteiger partial charge in [0, 0.05) is 30.1 Å². The summed E-state index contributed by atoms with van der Waals surface area (Å²) < 4.78 is 14.4. The van der Waals surface area contributed by atoms with Crippen LogP contribution < -0.4 is 5.32 Å². The molecule has 2 amide bonds. The number of halogens is 2. The maximum Gasteiger partial charge on any atom is 0.243 e. The second-order valence-electron chi connectivity index (χ2n) is 7.98. The monoisotopic (exact) mass is 466 g/mol. The molecule has 0 aliphatic carbocycles. The molecule has 0 bridgehead atoms. The Kier molecular flexibility index (Phi) is 8.61. The van der Waals surface area contributed by atoms with Crippen LogP contribution in [0.25, 0.3) is 0 Å². The highest BCUT2D eigenvalue weighted by molar-refractivity contribution is 6.31. The Morgan fingerprint density at radius 3 is 2.30 bits per heavy atom. The van der Waals surface area contributed by atoms with E-state index in [1.54, 1.807) is 6.07 Å². The molecule has 172 valence electrons. The van der Waals surface area contributed by atoms with E-state index in [9.17, 15) is 14.0 Å². The predicted octanol–water partition coefficient (Wildman–Crippen LogP) is 5.11. The van der Waals surface area contributed by atoms with Crippen molar-refractivity contribution < 1.29 is 14.0 Å². The lowest BCUT2D eigenvalue weighted by molar-refractivity contribution is -0.140. The molecule has 0 aromatic heterocycles. The highest BCUT2D eigenvalue weighted by Crippen LogP contribution is 2.22. The number of hydrogen-bond acceptors (Lipinski definition) is 2. The number of carbonyl (C=O) groups is 2. The molecule has 3 aromatic rings. The Labute approximate surface area is 199 Å². The molecule has 33 heavy (non-hydrogen) atoms. The first-order valence-corrected chi connectivity index (χ1v) is 11.4. The Balaban J connectivity index is 1.98. The van der Waals surface area contributed by atoms with Crippen molar-refractivity contribution in [3.05, 3.63) is 106 Å². The first-order valence-electron chi connectivity index (χ1n) is 11.0. The number of rotatable bonds is 9. The highest BCUT2D eigenvalue weighted by atomic mass is 35.5. The molecule has 1 N–H and O–H groups in total. The summed E-state index contributed by atoms with van der Waals surface area (Å²) in [5.74, 6) is -1.15.